The molecule has 1 atom stereocenters. The third-order valence-electron chi connectivity index (χ3n) is 3.07. The predicted octanol–water partition coefficient (Wildman–Crippen LogP) is 3.79. The summed E-state index contributed by atoms with van der Waals surface area (Å²) >= 11 is 3.21. The van der Waals surface area contributed by atoms with E-state index in [9.17, 15) is 4.39 Å². The average Bonchev–Trinajstić information content (AvgIpc) is 2.40. The Morgan fingerprint density at radius 3 is 2.74 bits per heavy atom. The molecule has 4 heteroatoms. The monoisotopic (exact) mass is 322 g/mol. The third kappa shape index (κ3) is 3.61. The number of nitrogens with one attached hydrogen (secondary N) is 1. The summed E-state index contributed by atoms with van der Waals surface area (Å²) < 4.78 is 13.7. The summed E-state index contributed by atoms with van der Waals surface area (Å²) in [4.78, 5) is 4.40. The topological polar surface area (TPSA) is 24.9 Å². The maximum absolute atomic E-state index is 13.2. The van der Waals surface area contributed by atoms with Crippen LogP contribution in [0.2, 0.25) is 0 Å². The van der Waals surface area contributed by atoms with Gasteiger partial charge >= 0.3 is 0 Å². The van der Waals surface area contributed by atoms with Crippen molar-refractivity contribution < 1.29 is 4.39 Å². The molecule has 1 unspecified atom stereocenters. The van der Waals surface area contributed by atoms with Crippen LogP contribution in [0.5, 0.6) is 0 Å². The Hall–Kier alpha value is -1.26. The molecule has 1 heterocycles. The van der Waals surface area contributed by atoms with Crippen molar-refractivity contribution in [3.63, 3.8) is 0 Å². The number of nitrogens with zero attached hydrogens (tertiary/aromatic N) is 1. The van der Waals surface area contributed by atoms with Crippen molar-refractivity contribution in [2.45, 2.75) is 19.4 Å². The first-order valence-electron chi connectivity index (χ1n) is 6.14. The molecular weight excluding hydrogens is 307 g/mol. The molecular formula is C15H16BrFN2. The number of halogens is 2. The van der Waals surface area contributed by atoms with Gasteiger partial charge in [-0.25, -0.2) is 4.39 Å². The minimum atomic E-state index is -0.238. The first kappa shape index (κ1) is 14.2. The van der Waals surface area contributed by atoms with Crippen LogP contribution in [-0.4, -0.2) is 12.0 Å². The molecule has 1 aromatic carbocycles. The van der Waals surface area contributed by atoms with Crippen molar-refractivity contribution in [3.8, 4) is 0 Å². The Kier molecular flexibility index (Phi) is 4.66. The zero-order valence-corrected chi connectivity index (χ0v) is 12.5. The van der Waals surface area contributed by atoms with E-state index in [0.717, 1.165) is 17.7 Å². The van der Waals surface area contributed by atoms with E-state index >= 15 is 0 Å². The average molecular weight is 323 g/mol. The van der Waals surface area contributed by atoms with Gasteiger partial charge in [-0.3, -0.25) is 4.98 Å². The van der Waals surface area contributed by atoms with E-state index in [1.165, 1.54) is 11.6 Å². The molecule has 2 aromatic rings. The molecule has 2 nitrogen and oxygen atoms in total. The van der Waals surface area contributed by atoms with E-state index in [-0.39, 0.29) is 11.9 Å². The molecule has 0 bridgehead atoms. The van der Waals surface area contributed by atoms with E-state index in [2.05, 4.69) is 32.3 Å². The van der Waals surface area contributed by atoms with E-state index in [0.29, 0.717) is 4.47 Å². The Labute approximate surface area is 121 Å². The summed E-state index contributed by atoms with van der Waals surface area (Å²) in [7, 11) is 1.91. The number of likely N-dealkylation sites (N-methyl/N-ethyl adjacent to an activating group) is 1. The summed E-state index contributed by atoms with van der Waals surface area (Å²) in [6.07, 6.45) is 2.58. The molecule has 0 saturated heterocycles. The number of aromatic nitrogens is 1. The van der Waals surface area contributed by atoms with Gasteiger partial charge in [0.2, 0.25) is 0 Å². The highest BCUT2D eigenvalue weighted by atomic mass is 79.9. The third-order valence-corrected chi connectivity index (χ3v) is 3.67. The molecule has 1 N–H and O–H groups in total. The predicted molar refractivity (Wildman–Crippen MR) is 78.6 cm³/mol. The molecule has 0 fully saturated rings. The van der Waals surface area contributed by atoms with Crippen molar-refractivity contribution in [2.24, 2.45) is 0 Å². The van der Waals surface area contributed by atoms with E-state index < -0.39 is 0 Å². The molecule has 0 aliphatic rings. The fraction of sp³-hybridized carbons (Fsp3) is 0.267. The number of hydrogen-bond acceptors (Lipinski definition) is 2. The van der Waals surface area contributed by atoms with Gasteiger partial charge < -0.3 is 5.32 Å². The van der Waals surface area contributed by atoms with Gasteiger partial charge in [-0.1, -0.05) is 6.07 Å². The summed E-state index contributed by atoms with van der Waals surface area (Å²) in [6.45, 7) is 2.05. The van der Waals surface area contributed by atoms with Crippen molar-refractivity contribution in [1.29, 1.82) is 0 Å². The lowest BCUT2D eigenvalue weighted by Gasteiger charge is -2.16. The molecule has 100 valence electrons. The van der Waals surface area contributed by atoms with Gasteiger partial charge in [-0.2, -0.15) is 0 Å². The minimum absolute atomic E-state index is 0.122. The fourth-order valence-electron chi connectivity index (χ4n) is 2.01. The summed E-state index contributed by atoms with van der Waals surface area (Å²) in [5.74, 6) is -0.238. The Morgan fingerprint density at radius 2 is 2.11 bits per heavy atom. The lowest BCUT2D eigenvalue weighted by Crippen LogP contribution is -2.20. The highest BCUT2D eigenvalue weighted by Crippen LogP contribution is 2.21. The lowest BCUT2D eigenvalue weighted by atomic mass is 10.0. The van der Waals surface area contributed by atoms with Crippen molar-refractivity contribution in [3.05, 3.63) is 63.6 Å². The number of hydrogen-bond donors (Lipinski definition) is 1. The Balaban J connectivity index is 2.21. The van der Waals surface area contributed by atoms with Crippen molar-refractivity contribution >= 4 is 15.9 Å². The van der Waals surface area contributed by atoms with Crippen LogP contribution in [-0.2, 0) is 6.42 Å². The Bertz CT molecular complexity index is 572. The van der Waals surface area contributed by atoms with Gasteiger partial charge in [-0.05, 0) is 71.7 Å². The maximum atomic E-state index is 13.2. The van der Waals surface area contributed by atoms with Gasteiger partial charge in [-0.15, -0.1) is 0 Å². The van der Waals surface area contributed by atoms with Gasteiger partial charge in [0.15, 0.2) is 0 Å². The number of rotatable bonds is 4. The standard InChI is InChI=1S/C15H16BrFN2/c1-10-5-6-19-15(7-10)14(18-2)9-11-3-4-13(17)12(16)8-11/h3-8,14,18H,9H2,1-2H3. The van der Waals surface area contributed by atoms with Gasteiger partial charge in [0.25, 0.3) is 0 Å². The SMILES string of the molecule is CNC(Cc1ccc(F)c(Br)c1)c1cc(C)ccn1. The molecule has 0 radical (unpaired) electrons. The highest BCUT2D eigenvalue weighted by Gasteiger charge is 2.12. The van der Waals surface area contributed by atoms with Crippen LogP contribution in [0.15, 0.2) is 41.0 Å². The smallest absolute Gasteiger partial charge is 0.137 e. The van der Waals surface area contributed by atoms with E-state index in [4.69, 9.17) is 0 Å². The second-order valence-electron chi connectivity index (χ2n) is 4.55. The largest absolute Gasteiger partial charge is 0.311 e. The normalized spacial score (nSPS) is 12.4. The molecule has 2 rings (SSSR count). The van der Waals surface area contributed by atoms with Crippen LogP contribution < -0.4 is 5.32 Å². The van der Waals surface area contributed by atoms with Crippen LogP contribution in [0.3, 0.4) is 0 Å². The minimum Gasteiger partial charge on any atom is -0.311 e. The first-order valence-corrected chi connectivity index (χ1v) is 6.93. The molecule has 19 heavy (non-hydrogen) atoms. The Morgan fingerprint density at radius 1 is 1.32 bits per heavy atom. The van der Waals surface area contributed by atoms with Gasteiger partial charge in [0.05, 0.1) is 16.2 Å². The van der Waals surface area contributed by atoms with E-state index in [1.54, 1.807) is 6.07 Å². The molecule has 1 aromatic heterocycles. The zero-order chi connectivity index (χ0) is 13.8. The van der Waals surface area contributed by atoms with Gasteiger partial charge in [0.1, 0.15) is 5.82 Å². The second kappa shape index (κ2) is 6.26. The molecule has 0 aliphatic heterocycles. The number of benzene rings is 1. The zero-order valence-electron chi connectivity index (χ0n) is 11.0. The molecule has 0 spiro atoms. The summed E-state index contributed by atoms with van der Waals surface area (Å²) in [5.41, 5.74) is 3.25. The number of aryl methyl sites for hydroxylation is 1. The lowest BCUT2D eigenvalue weighted by molar-refractivity contribution is 0.572. The van der Waals surface area contributed by atoms with Gasteiger partial charge in [0, 0.05) is 6.20 Å². The molecule has 0 amide bonds. The van der Waals surface area contributed by atoms with Crippen LogP contribution in [0, 0.1) is 12.7 Å². The van der Waals surface area contributed by atoms with Crippen LogP contribution in [0.4, 0.5) is 4.39 Å². The van der Waals surface area contributed by atoms with Crippen LogP contribution in [0.1, 0.15) is 22.9 Å². The quantitative estimate of drug-likeness (QED) is 0.926. The van der Waals surface area contributed by atoms with Crippen molar-refractivity contribution in [1.82, 2.24) is 10.3 Å². The maximum Gasteiger partial charge on any atom is 0.137 e. The molecule has 0 aliphatic carbocycles. The van der Waals surface area contributed by atoms with Crippen LogP contribution in [0.25, 0.3) is 0 Å². The van der Waals surface area contributed by atoms with E-state index in [1.807, 2.05) is 32.3 Å². The number of pyridine rings is 1. The van der Waals surface area contributed by atoms with Crippen LogP contribution >= 0.6 is 15.9 Å². The fourth-order valence-corrected chi connectivity index (χ4v) is 2.43. The summed E-state index contributed by atoms with van der Waals surface area (Å²) in [5, 5.41) is 3.26. The molecule has 0 saturated carbocycles. The highest BCUT2D eigenvalue weighted by molar-refractivity contribution is 9.10. The van der Waals surface area contributed by atoms with Crippen molar-refractivity contribution in [2.75, 3.05) is 7.05 Å². The summed E-state index contributed by atoms with van der Waals surface area (Å²) in [6, 6.07) is 9.27. The first-order chi connectivity index (χ1) is 9.10. The second-order valence-corrected chi connectivity index (χ2v) is 5.41.